The molecule has 160 valence electrons. The standard InChI is InChI=1S/C25H22FN5O/c1-17(20-7-3-5-9-22(20)26)31-23-10-6-4-8-21(23)24(29-31)25-28-15-19(32-2)16-30(25)18-11-13-27-14-12-18/h3-17,25H,1-2H3/t17-,25?/m1/s1. The highest BCUT2D eigenvalue weighted by molar-refractivity contribution is 5.85. The number of anilines is 1. The summed E-state index contributed by atoms with van der Waals surface area (Å²) in [7, 11) is 1.61. The largest absolute Gasteiger partial charge is 0.494 e. The van der Waals surface area contributed by atoms with E-state index in [1.807, 2.05) is 65.2 Å². The van der Waals surface area contributed by atoms with Crippen molar-refractivity contribution in [2.75, 3.05) is 12.0 Å². The molecule has 1 aliphatic rings. The SMILES string of the molecule is COC1=CN(c2ccncc2)C(c2nn([C@H](C)c3ccccc3F)c3ccccc23)N=C1. The minimum absolute atomic E-state index is 0.247. The lowest BCUT2D eigenvalue weighted by Crippen LogP contribution is -2.26. The lowest BCUT2D eigenvalue weighted by atomic mass is 10.1. The van der Waals surface area contributed by atoms with Crippen molar-refractivity contribution >= 4 is 22.8 Å². The molecule has 2 atom stereocenters. The van der Waals surface area contributed by atoms with Crippen LogP contribution in [-0.2, 0) is 4.74 Å². The van der Waals surface area contributed by atoms with Crippen molar-refractivity contribution in [2.24, 2.45) is 4.99 Å². The highest BCUT2D eigenvalue weighted by Gasteiger charge is 2.29. The topological polar surface area (TPSA) is 55.5 Å². The van der Waals surface area contributed by atoms with Crippen molar-refractivity contribution in [1.82, 2.24) is 14.8 Å². The van der Waals surface area contributed by atoms with Crippen LogP contribution in [0.2, 0.25) is 0 Å². The summed E-state index contributed by atoms with van der Waals surface area (Å²) in [6, 6.07) is 18.3. The fraction of sp³-hybridized carbons (Fsp3) is 0.160. The number of rotatable bonds is 5. The summed E-state index contributed by atoms with van der Waals surface area (Å²) in [5.74, 6) is 0.393. The second-order valence-corrected chi connectivity index (χ2v) is 7.54. The van der Waals surface area contributed by atoms with E-state index in [0.29, 0.717) is 11.3 Å². The third-order valence-corrected chi connectivity index (χ3v) is 5.68. The van der Waals surface area contributed by atoms with Crippen LogP contribution in [-0.4, -0.2) is 28.1 Å². The molecule has 0 fully saturated rings. The fourth-order valence-corrected chi connectivity index (χ4v) is 4.04. The average Bonchev–Trinajstić information content (AvgIpc) is 3.23. The summed E-state index contributed by atoms with van der Waals surface area (Å²) in [5.41, 5.74) is 3.21. The summed E-state index contributed by atoms with van der Waals surface area (Å²) < 4.78 is 21.8. The number of allylic oxidation sites excluding steroid dienone is 1. The molecule has 0 spiro atoms. The summed E-state index contributed by atoms with van der Waals surface area (Å²) >= 11 is 0. The van der Waals surface area contributed by atoms with Gasteiger partial charge in [-0.3, -0.25) is 14.7 Å². The van der Waals surface area contributed by atoms with Crippen molar-refractivity contribution in [2.45, 2.75) is 19.1 Å². The molecule has 0 saturated heterocycles. The number of para-hydroxylation sites is 1. The Bertz CT molecular complexity index is 1310. The molecule has 0 radical (unpaired) electrons. The van der Waals surface area contributed by atoms with E-state index >= 15 is 0 Å². The van der Waals surface area contributed by atoms with E-state index in [9.17, 15) is 4.39 Å². The number of aliphatic imine (C=N–C) groups is 1. The summed E-state index contributed by atoms with van der Waals surface area (Å²) in [6.07, 6.45) is 6.68. The zero-order valence-corrected chi connectivity index (χ0v) is 17.8. The van der Waals surface area contributed by atoms with Crippen molar-refractivity contribution < 1.29 is 9.13 Å². The van der Waals surface area contributed by atoms with Crippen molar-refractivity contribution in [3.63, 3.8) is 0 Å². The van der Waals surface area contributed by atoms with Crippen LogP contribution in [0.4, 0.5) is 10.1 Å². The van der Waals surface area contributed by atoms with E-state index < -0.39 is 6.17 Å². The fourth-order valence-electron chi connectivity index (χ4n) is 4.04. The molecule has 1 unspecified atom stereocenters. The van der Waals surface area contributed by atoms with Gasteiger partial charge in [0, 0.05) is 29.0 Å². The van der Waals surface area contributed by atoms with Crippen molar-refractivity contribution in [1.29, 1.82) is 0 Å². The van der Waals surface area contributed by atoms with Gasteiger partial charge in [-0.25, -0.2) is 4.39 Å². The first kappa shape index (κ1) is 19.9. The molecule has 2 aromatic heterocycles. The third kappa shape index (κ3) is 3.41. The predicted molar refractivity (Wildman–Crippen MR) is 123 cm³/mol. The Labute approximate surface area is 185 Å². The number of methoxy groups -OCH3 is 1. The van der Waals surface area contributed by atoms with Gasteiger partial charge in [0.2, 0.25) is 0 Å². The van der Waals surface area contributed by atoms with Crippen molar-refractivity contribution in [3.8, 4) is 0 Å². The second kappa shape index (κ2) is 8.26. The van der Waals surface area contributed by atoms with Gasteiger partial charge in [-0.15, -0.1) is 0 Å². The average molecular weight is 427 g/mol. The number of hydrogen-bond acceptors (Lipinski definition) is 5. The quantitative estimate of drug-likeness (QED) is 0.436. The van der Waals surface area contributed by atoms with Crippen molar-refractivity contribution in [3.05, 3.63) is 102 Å². The molecule has 0 N–H and O–H groups in total. The van der Waals surface area contributed by atoms with Crippen LogP contribution in [0.15, 0.2) is 90.0 Å². The van der Waals surface area contributed by atoms with E-state index in [-0.39, 0.29) is 11.9 Å². The lowest BCUT2D eigenvalue weighted by Gasteiger charge is -2.29. The first-order valence-corrected chi connectivity index (χ1v) is 10.4. The van der Waals surface area contributed by atoms with Gasteiger partial charge in [-0.2, -0.15) is 5.10 Å². The summed E-state index contributed by atoms with van der Waals surface area (Å²) in [4.78, 5) is 10.9. The molecule has 7 heteroatoms. The maximum Gasteiger partial charge on any atom is 0.170 e. The van der Waals surface area contributed by atoms with Crippen LogP contribution in [0.1, 0.15) is 30.4 Å². The minimum atomic E-state index is -0.407. The van der Waals surface area contributed by atoms with Crippen LogP contribution >= 0.6 is 0 Å². The second-order valence-electron chi connectivity index (χ2n) is 7.54. The lowest BCUT2D eigenvalue weighted by molar-refractivity contribution is 0.312. The number of benzene rings is 2. The van der Waals surface area contributed by atoms with Gasteiger partial charge < -0.3 is 9.64 Å². The van der Waals surface area contributed by atoms with Gasteiger partial charge in [0.1, 0.15) is 11.5 Å². The summed E-state index contributed by atoms with van der Waals surface area (Å²) in [6.45, 7) is 1.95. The normalized spacial score (nSPS) is 16.8. The number of ether oxygens (including phenoxy) is 1. The highest BCUT2D eigenvalue weighted by atomic mass is 19.1. The zero-order valence-electron chi connectivity index (χ0n) is 17.8. The number of fused-ring (bicyclic) bond motifs is 1. The van der Waals surface area contributed by atoms with Gasteiger partial charge in [0.05, 0.1) is 31.1 Å². The third-order valence-electron chi connectivity index (χ3n) is 5.68. The van der Waals surface area contributed by atoms with Gasteiger partial charge in [0.15, 0.2) is 11.9 Å². The number of halogens is 1. The Balaban J connectivity index is 1.65. The zero-order chi connectivity index (χ0) is 22.1. The van der Waals surface area contributed by atoms with E-state index in [4.69, 9.17) is 14.8 Å². The van der Waals surface area contributed by atoms with Crippen LogP contribution in [0.25, 0.3) is 10.9 Å². The minimum Gasteiger partial charge on any atom is -0.494 e. The smallest absolute Gasteiger partial charge is 0.170 e. The van der Waals surface area contributed by atoms with E-state index in [2.05, 4.69) is 4.98 Å². The molecule has 0 aliphatic carbocycles. The Hall–Kier alpha value is -4.00. The number of nitrogens with zero attached hydrogens (tertiary/aromatic N) is 5. The molecule has 5 rings (SSSR count). The van der Waals surface area contributed by atoms with Crippen LogP contribution in [0, 0.1) is 5.82 Å². The van der Waals surface area contributed by atoms with E-state index in [1.54, 1.807) is 37.9 Å². The predicted octanol–water partition coefficient (Wildman–Crippen LogP) is 5.26. The molecule has 2 aromatic carbocycles. The van der Waals surface area contributed by atoms with Gasteiger partial charge >= 0.3 is 0 Å². The molecule has 6 nitrogen and oxygen atoms in total. The molecular formula is C25H22FN5O. The maximum atomic E-state index is 14.6. The van der Waals surface area contributed by atoms with E-state index in [0.717, 1.165) is 22.3 Å². The first-order valence-electron chi connectivity index (χ1n) is 10.4. The Morgan fingerprint density at radius 2 is 1.75 bits per heavy atom. The van der Waals surface area contributed by atoms with Crippen LogP contribution in [0.5, 0.6) is 0 Å². The van der Waals surface area contributed by atoms with Crippen LogP contribution in [0.3, 0.4) is 0 Å². The molecule has 4 aromatic rings. The molecule has 1 aliphatic heterocycles. The van der Waals surface area contributed by atoms with Gasteiger partial charge in [0.25, 0.3) is 0 Å². The Morgan fingerprint density at radius 3 is 2.53 bits per heavy atom. The summed E-state index contributed by atoms with van der Waals surface area (Å²) in [5, 5.41) is 5.93. The molecule has 3 heterocycles. The monoisotopic (exact) mass is 427 g/mol. The number of hydrogen-bond donors (Lipinski definition) is 0. The first-order chi connectivity index (χ1) is 15.7. The highest BCUT2D eigenvalue weighted by Crippen LogP contribution is 2.36. The molecule has 0 amide bonds. The molecule has 0 saturated carbocycles. The Morgan fingerprint density at radius 1 is 1.00 bits per heavy atom. The maximum absolute atomic E-state index is 14.6. The molecule has 0 bridgehead atoms. The Kier molecular flexibility index (Phi) is 5.15. The van der Waals surface area contributed by atoms with Gasteiger partial charge in [-0.1, -0.05) is 36.4 Å². The van der Waals surface area contributed by atoms with Crippen LogP contribution < -0.4 is 4.90 Å². The number of aromatic nitrogens is 3. The molecular weight excluding hydrogens is 405 g/mol. The molecule has 32 heavy (non-hydrogen) atoms. The number of pyridine rings is 1. The van der Waals surface area contributed by atoms with E-state index in [1.165, 1.54) is 6.07 Å². The van der Waals surface area contributed by atoms with Gasteiger partial charge in [-0.05, 0) is 31.2 Å².